The second-order valence-corrected chi connectivity index (χ2v) is 5.33. The Bertz CT molecular complexity index is 368. The smallest absolute Gasteiger partial charge is 0.326 e. The normalized spacial score (nSPS) is 27.7. The van der Waals surface area contributed by atoms with Gasteiger partial charge in [-0.3, -0.25) is 0 Å². The molecule has 106 valence electrons. The van der Waals surface area contributed by atoms with Gasteiger partial charge < -0.3 is 15.3 Å². The van der Waals surface area contributed by atoms with Crippen molar-refractivity contribution < 1.29 is 14.7 Å². The van der Waals surface area contributed by atoms with Crippen LogP contribution in [0.15, 0.2) is 12.2 Å². The fourth-order valence-electron chi connectivity index (χ4n) is 2.79. The molecule has 2 amide bonds. The quantitative estimate of drug-likeness (QED) is 0.752. The largest absolute Gasteiger partial charge is 0.480 e. The number of hydrogen-bond donors (Lipinski definition) is 2. The van der Waals surface area contributed by atoms with Crippen molar-refractivity contribution in [1.82, 2.24) is 10.2 Å². The first kappa shape index (κ1) is 13.9. The molecule has 5 heteroatoms. The van der Waals surface area contributed by atoms with Gasteiger partial charge in [-0.05, 0) is 32.1 Å². The van der Waals surface area contributed by atoms with Gasteiger partial charge >= 0.3 is 12.0 Å². The molecule has 0 spiro atoms. The summed E-state index contributed by atoms with van der Waals surface area (Å²) in [7, 11) is 0. The van der Waals surface area contributed by atoms with Crippen LogP contribution in [-0.2, 0) is 4.79 Å². The van der Waals surface area contributed by atoms with E-state index >= 15 is 0 Å². The number of hydrogen-bond acceptors (Lipinski definition) is 2. The van der Waals surface area contributed by atoms with E-state index in [2.05, 4.69) is 17.5 Å². The van der Waals surface area contributed by atoms with E-state index in [1.165, 1.54) is 4.90 Å². The molecule has 1 fully saturated rings. The van der Waals surface area contributed by atoms with Gasteiger partial charge in [0.05, 0.1) is 0 Å². The molecule has 19 heavy (non-hydrogen) atoms. The number of carbonyl (C=O) groups excluding carboxylic acids is 1. The lowest BCUT2D eigenvalue weighted by Gasteiger charge is -2.30. The first-order valence-electron chi connectivity index (χ1n) is 7.13. The van der Waals surface area contributed by atoms with Crippen LogP contribution < -0.4 is 5.32 Å². The average Bonchev–Trinajstić information content (AvgIpc) is 2.65. The Hall–Kier alpha value is -1.52. The molecule has 0 bridgehead atoms. The molecule has 0 radical (unpaired) electrons. The van der Waals surface area contributed by atoms with E-state index in [-0.39, 0.29) is 12.1 Å². The summed E-state index contributed by atoms with van der Waals surface area (Å²) in [6.07, 6.45) is 10.3. The van der Waals surface area contributed by atoms with E-state index in [1.54, 1.807) is 0 Å². The summed E-state index contributed by atoms with van der Waals surface area (Å²) in [5.41, 5.74) is 0. The number of urea groups is 1. The predicted octanol–water partition coefficient (Wildman–Crippen LogP) is 2.13. The molecule has 0 aromatic rings. The molecule has 2 unspecified atom stereocenters. The van der Waals surface area contributed by atoms with Crippen LogP contribution in [0.2, 0.25) is 0 Å². The van der Waals surface area contributed by atoms with Crippen molar-refractivity contribution in [2.45, 2.75) is 57.0 Å². The van der Waals surface area contributed by atoms with Gasteiger partial charge in [0.1, 0.15) is 6.04 Å². The molecule has 2 atom stereocenters. The minimum atomic E-state index is -0.888. The number of carboxylic acid groups (broad SMARTS) is 1. The first-order valence-corrected chi connectivity index (χ1v) is 7.13. The summed E-state index contributed by atoms with van der Waals surface area (Å²) in [4.78, 5) is 25.1. The molecule has 0 aromatic carbocycles. The van der Waals surface area contributed by atoms with E-state index in [9.17, 15) is 14.7 Å². The molecule has 0 saturated carbocycles. The SMILES string of the molecule is O=C(O)C1CCCCCN1C(=O)NC1CC=CCC1. The summed E-state index contributed by atoms with van der Waals surface area (Å²) in [6, 6.07) is -0.730. The van der Waals surface area contributed by atoms with Crippen molar-refractivity contribution in [2.75, 3.05) is 6.54 Å². The fourth-order valence-corrected chi connectivity index (χ4v) is 2.79. The highest BCUT2D eigenvalue weighted by Crippen LogP contribution is 2.18. The van der Waals surface area contributed by atoms with E-state index in [1.807, 2.05) is 0 Å². The zero-order valence-electron chi connectivity index (χ0n) is 11.2. The Morgan fingerprint density at radius 3 is 2.68 bits per heavy atom. The number of carbonyl (C=O) groups is 2. The molecular weight excluding hydrogens is 244 g/mol. The van der Waals surface area contributed by atoms with Crippen LogP contribution in [0.1, 0.15) is 44.9 Å². The summed E-state index contributed by atoms with van der Waals surface area (Å²) in [5, 5.41) is 12.2. The molecule has 0 aromatic heterocycles. The summed E-state index contributed by atoms with van der Waals surface area (Å²) in [6.45, 7) is 0.547. The van der Waals surface area contributed by atoms with Gasteiger partial charge in [-0.2, -0.15) is 0 Å². The molecule has 5 nitrogen and oxygen atoms in total. The number of nitrogens with zero attached hydrogens (tertiary/aromatic N) is 1. The number of allylic oxidation sites excluding steroid dienone is 1. The Labute approximate surface area is 113 Å². The Kier molecular flexibility index (Phi) is 4.82. The first-order chi connectivity index (χ1) is 9.18. The van der Waals surface area contributed by atoms with Crippen molar-refractivity contribution >= 4 is 12.0 Å². The maximum Gasteiger partial charge on any atom is 0.326 e. The lowest BCUT2D eigenvalue weighted by atomic mass is 10.0. The standard InChI is InChI=1S/C14H22N2O3/c17-13(18)12-9-5-2-6-10-16(12)14(19)15-11-7-3-1-4-8-11/h1,3,11-12H,2,4-10H2,(H,15,19)(H,17,18). The lowest BCUT2D eigenvalue weighted by Crippen LogP contribution is -2.51. The third-order valence-electron chi connectivity index (χ3n) is 3.90. The van der Waals surface area contributed by atoms with Crippen molar-refractivity contribution in [3.05, 3.63) is 12.2 Å². The van der Waals surface area contributed by atoms with Crippen LogP contribution in [0, 0.1) is 0 Å². The van der Waals surface area contributed by atoms with Gasteiger partial charge in [-0.25, -0.2) is 9.59 Å². The Morgan fingerprint density at radius 1 is 1.16 bits per heavy atom. The molecule has 1 aliphatic carbocycles. The second kappa shape index (κ2) is 6.59. The van der Waals surface area contributed by atoms with Gasteiger partial charge in [0.15, 0.2) is 0 Å². The van der Waals surface area contributed by atoms with Crippen molar-refractivity contribution in [2.24, 2.45) is 0 Å². The number of aliphatic carboxylic acids is 1. The molecular formula is C14H22N2O3. The molecule has 1 aliphatic heterocycles. The second-order valence-electron chi connectivity index (χ2n) is 5.33. The molecule has 1 heterocycles. The summed E-state index contributed by atoms with van der Waals surface area (Å²) < 4.78 is 0. The zero-order chi connectivity index (χ0) is 13.7. The molecule has 1 saturated heterocycles. The minimum Gasteiger partial charge on any atom is -0.480 e. The minimum absolute atomic E-state index is 0.148. The highest BCUT2D eigenvalue weighted by Gasteiger charge is 2.31. The fraction of sp³-hybridized carbons (Fsp3) is 0.714. The van der Waals surface area contributed by atoms with Gasteiger partial charge in [0.25, 0.3) is 0 Å². The molecule has 2 aliphatic rings. The summed E-state index contributed by atoms with van der Waals surface area (Å²) >= 11 is 0. The number of carboxylic acids is 1. The predicted molar refractivity (Wildman–Crippen MR) is 71.9 cm³/mol. The lowest BCUT2D eigenvalue weighted by molar-refractivity contribution is -0.142. The van der Waals surface area contributed by atoms with Crippen molar-refractivity contribution in [3.63, 3.8) is 0 Å². The van der Waals surface area contributed by atoms with Crippen LogP contribution in [0.3, 0.4) is 0 Å². The maximum atomic E-state index is 12.3. The van der Waals surface area contributed by atoms with E-state index < -0.39 is 12.0 Å². The topological polar surface area (TPSA) is 69.6 Å². The molecule has 2 N–H and O–H groups in total. The van der Waals surface area contributed by atoms with Gasteiger partial charge in [-0.1, -0.05) is 25.0 Å². The monoisotopic (exact) mass is 266 g/mol. The number of nitrogens with one attached hydrogen (secondary N) is 1. The average molecular weight is 266 g/mol. The maximum absolute atomic E-state index is 12.3. The van der Waals surface area contributed by atoms with Gasteiger partial charge in [-0.15, -0.1) is 0 Å². The van der Waals surface area contributed by atoms with E-state index in [0.29, 0.717) is 13.0 Å². The number of likely N-dealkylation sites (tertiary alicyclic amines) is 1. The third kappa shape index (κ3) is 3.72. The van der Waals surface area contributed by atoms with Crippen LogP contribution in [0.4, 0.5) is 4.79 Å². The molecule has 2 rings (SSSR count). The van der Waals surface area contributed by atoms with Gasteiger partial charge in [0, 0.05) is 12.6 Å². The summed E-state index contributed by atoms with van der Waals surface area (Å²) in [5.74, 6) is -0.888. The van der Waals surface area contributed by atoms with E-state index in [4.69, 9.17) is 0 Å². The van der Waals surface area contributed by atoms with Crippen LogP contribution in [-0.4, -0.2) is 40.6 Å². The highest BCUT2D eigenvalue weighted by molar-refractivity contribution is 5.82. The zero-order valence-corrected chi connectivity index (χ0v) is 11.2. The van der Waals surface area contributed by atoms with E-state index in [0.717, 1.165) is 38.5 Å². The van der Waals surface area contributed by atoms with Crippen LogP contribution >= 0.6 is 0 Å². The van der Waals surface area contributed by atoms with Gasteiger partial charge in [0.2, 0.25) is 0 Å². The van der Waals surface area contributed by atoms with Crippen LogP contribution in [0.25, 0.3) is 0 Å². The Balaban J connectivity index is 1.97. The highest BCUT2D eigenvalue weighted by atomic mass is 16.4. The number of amides is 2. The Morgan fingerprint density at radius 2 is 2.00 bits per heavy atom. The van der Waals surface area contributed by atoms with Crippen molar-refractivity contribution in [3.8, 4) is 0 Å². The van der Waals surface area contributed by atoms with Crippen LogP contribution in [0.5, 0.6) is 0 Å². The number of rotatable bonds is 2. The van der Waals surface area contributed by atoms with Crippen molar-refractivity contribution in [1.29, 1.82) is 0 Å². The third-order valence-corrected chi connectivity index (χ3v) is 3.90.